The van der Waals surface area contributed by atoms with Gasteiger partial charge < -0.3 is 163 Å². The number of fused-ring (bicyclic) bond motifs is 7. The zero-order valence-electron chi connectivity index (χ0n) is 58.6. The molecule has 2 unspecified atom stereocenters. The smallest absolute Gasteiger partial charge is 0.315 e. The molecule has 40 atom stereocenters. The van der Waals surface area contributed by atoms with Gasteiger partial charge in [-0.05, 0) is 111 Å². The van der Waals surface area contributed by atoms with E-state index >= 15 is 4.79 Å². The summed E-state index contributed by atoms with van der Waals surface area (Å²) in [7, 11) is 0. The Labute approximate surface area is 589 Å². The number of carbonyl (C=O) groups is 1. The van der Waals surface area contributed by atoms with Crippen molar-refractivity contribution < 1.29 is 168 Å². The molecule has 19 N–H and O–H groups in total. The molecule has 0 spiro atoms. The van der Waals surface area contributed by atoms with Crippen LogP contribution < -0.4 is 0 Å². The van der Waals surface area contributed by atoms with Gasteiger partial charge in [-0.15, -0.1) is 0 Å². The molecule has 5 aliphatic carbocycles. The lowest BCUT2D eigenvalue weighted by Crippen LogP contribution is -2.70. The van der Waals surface area contributed by atoms with Gasteiger partial charge >= 0.3 is 5.97 Å². The van der Waals surface area contributed by atoms with Gasteiger partial charge in [0.2, 0.25) is 6.29 Å². The fraction of sp³-hybridized carbons (Fsp3) is 0.956. The Kier molecular flexibility index (Phi) is 23.1. The third kappa shape index (κ3) is 13.5. The molecule has 7 heterocycles. The molecule has 586 valence electrons. The van der Waals surface area contributed by atoms with Crippen LogP contribution in [0.5, 0.6) is 0 Å². The number of aliphatic hydroxyl groups excluding tert-OH is 18. The van der Waals surface area contributed by atoms with Crippen LogP contribution in [0.25, 0.3) is 0 Å². The average molecular weight is 1470 g/mol. The molecule has 34 heteroatoms. The molecular weight excluding hydrogens is 1360 g/mol. The van der Waals surface area contributed by atoms with Gasteiger partial charge in [0.1, 0.15) is 122 Å². The van der Waals surface area contributed by atoms with E-state index in [0.717, 1.165) is 5.57 Å². The van der Waals surface area contributed by atoms with Gasteiger partial charge in [0.05, 0.1) is 76.1 Å². The highest BCUT2D eigenvalue weighted by molar-refractivity contribution is 5.79. The van der Waals surface area contributed by atoms with Crippen LogP contribution in [0, 0.1) is 50.2 Å². The summed E-state index contributed by atoms with van der Waals surface area (Å²) >= 11 is 0. The van der Waals surface area contributed by atoms with Gasteiger partial charge in [0.25, 0.3) is 0 Å². The summed E-state index contributed by atoms with van der Waals surface area (Å²) in [6.45, 7) is 11.2. The largest absolute Gasteiger partial charge is 0.432 e. The molecule has 102 heavy (non-hydrogen) atoms. The van der Waals surface area contributed by atoms with E-state index in [0.29, 0.717) is 51.4 Å². The van der Waals surface area contributed by atoms with E-state index in [1.807, 2.05) is 6.92 Å². The first kappa shape index (κ1) is 79.5. The number of rotatable bonds is 17. The minimum atomic E-state index is -2.24. The van der Waals surface area contributed by atoms with E-state index in [-0.39, 0.29) is 23.7 Å². The second-order valence-corrected chi connectivity index (χ2v) is 33.0. The zero-order valence-corrected chi connectivity index (χ0v) is 58.6. The van der Waals surface area contributed by atoms with Gasteiger partial charge in [0, 0.05) is 5.41 Å². The lowest BCUT2D eigenvalue weighted by molar-refractivity contribution is -0.387. The number of esters is 1. The van der Waals surface area contributed by atoms with Crippen molar-refractivity contribution in [3.8, 4) is 0 Å². The second kappa shape index (κ2) is 29.6. The van der Waals surface area contributed by atoms with Crippen LogP contribution in [-0.4, -0.2) is 345 Å². The summed E-state index contributed by atoms with van der Waals surface area (Å²) in [6.07, 6.45) is -44.7. The first-order valence-corrected chi connectivity index (χ1v) is 35.9. The Bertz CT molecular complexity index is 2920. The van der Waals surface area contributed by atoms with E-state index in [2.05, 4.69) is 40.7 Å². The maximum absolute atomic E-state index is 15.7. The Balaban J connectivity index is 0.764. The van der Waals surface area contributed by atoms with Crippen LogP contribution in [0.3, 0.4) is 0 Å². The van der Waals surface area contributed by atoms with Crippen molar-refractivity contribution in [1.82, 2.24) is 0 Å². The van der Waals surface area contributed by atoms with Gasteiger partial charge in [-0.1, -0.05) is 53.2 Å². The fourth-order valence-electron chi connectivity index (χ4n) is 19.9. The summed E-state index contributed by atoms with van der Waals surface area (Å²) in [4.78, 5) is 15.7. The predicted octanol–water partition coefficient (Wildman–Crippen LogP) is -6.01. The number of allylic oxidation sites excluding steroid dienone is 2. The van der Waals surface area contributed by atoms with Gasteiger partial charge in [-0.3, -0.25) is 4.79 Å². The normalized spacial score (nSPS) is 55.6. The van der Waals surface area contributed by atoms with Gasteiger partial charge in [0.15, 0.2) is 43.8 Å². The molecule has 12 aliphatic rings. The molecule has 7 aliphatic heterocycles. The lowest BCUT2D eigenvalue weighted by atomic mass is 9.33. The van der Waals surface area contributed by atoms with Crippen LogP contribution in [0.1, 0.15) is 113 Å². The monoisotopic (exact) mass is 1470 g/mol. The highest BCUT2D eigenvalue weighted by Gasteiger charge is 2.72. The molecule has 34 nitrogen and oxygen atoms in total. The minimum absolute atomic E-state index is 0.113. The van der Waals surface area contributed by atoms with E-state index in [1.165, 1.54) is 13.8 Å². The molecule has 4 saturated carbocycles. The van der Waals surface area contributed by atoms with Crippen molar-refractivity contribution in [2.75, 3.05) is 46.2 Å². The standard InChI is InChI=1S/C68H110O34/c1-26-37(76)40(79)43(82)56(93-26)97-48-33(75)22-90-55(45(48)84)96-47-27(2)94-58(46(85)50(47)99-60-52(86)68(88,24-71)25-92-60)100-51-39(78)32(74)21-91-59(51)102-61(87)67-15-13-62(3,4)17-29(67)28-9-10-36-63(5)18-30(72)53(64(6,23-70)35(63)11-12-66(36,8)65(28,7)14-16-67)101-57-44(83)41(80)49(34(19-69)95-57)98-54-42(81)38(77)31(73)20-89-54/h9,26-27,29-60,69-86,88H,10-25H2,1-8H3/t26-,27-,29?,30-,31+,32-,33+,34+,35?,36+,37-,38-,39-,40+,41+,42+,43+,44+,45+,46+,47-,48-,49+,50-,51+,52-,53-,54-,55-,56-,57-,58-,59-,60-,63-,64-,65+,66+,67-,68+/m0/s1. The molecule has 12 rings (SSSR count). The summed E-state index contributed by atoms with van der Waals surface area (Å²) in [5, 5.41) is 210. The molecule has 0 aromatic carbocycles. The fourth-order valence-corrected chi connectivity index (χ4v) is 19.9. The third-order valence-corrected chi connectivity index (χ3v) is 26.3. The van der Waals surface area contributed by atoms with Crippen LogP contribution in [0.15, 0.2) is 11.6 Å². The first-order valence-electron chi connectivity index (χ1n) is 35.9. The number of hydrogen-bond acceptors (Lipinski definition) is 34. The Morgan fingerprint density at radius 1 is 0.490 bits per heavy atom. The SMILES string of the molecule is C[C@@H]1O[C@@H](O[C@@H]2[C@@H](O)[C@H](O[C@@H]3[C@@H](O[C@@H]4OC[C@](O)(CO)[C@H]4O)[C@@H](O)[C@H](O[C@H]4[C@H](OC(=O)[C@]56CCC(C)(C)CC5C5=CC[C@@H]7[C@@]8(C)C[C@H](O)[C@H](O[C@@H]9O[C@H](CO)[C@@H](O[C@@H]%10OC[C@@H](O)[C@H](O)[C@H]%10O)[C@H](O)[C@H]9O)[C@@](C)(CO)C8CC[C@@]7(C)[C@]5(C)CC6)OC[C@H](O)[C@@H]4O)O[C@H]3C)OC[C@H]2O)[C@H](O)[C@H](O)[C@H]1O. The van der Waals surface area contributed by atoms with E-state index in [1.54, 1.807) is 0 Å². The molecule has 7 saturated heterocycles. The van der Waals surface area contributed by atoms with Crippen molar-refractivity contribution in [1.29, 1.82) is 0 Å². The number of hydrogen-bond donors (Lipinski definition) is 19. The predicted molar refractivity (Wildman–Crippen MR) is 337 cm³/mol. The van der Waals surface area contributed by atoms with E-state index in [4.69, 9.17) is 66.3 Å². The number of aliphatic hydroxyl groups is 19. The average Bonchev–Trinajstić information content (AvgIpc) is 0.715. The molecule has 0 aromatic heterocycles. The Morgan fingerprint density at radius 2 is 1.05 bits per heavy atom. The number of carbonyl (C=O) groups excluding carboxylic acids is 1. The molecule has 0 bridgehead atoms. The van der Waals surface area contributed by atoms with E-state index in [9.17, 15) is 97.0 Å². The van der Waals surface area contributed by atoms with E-state index < -0.39 is 281 Å². The van der Waals surface area contributed by atoms with Crippen molar-refractivity contribution >= 4 is 5.97 Å². The van der Waals surface area contributed by atoms with Crippen molar-refractivity contribution in [2.24, 2.45) is 50.2 Å². The molecular formula is C68H110O34. The van der Waals surface area contributed by atoms with Gasteiger partial charge in [-0.2, -0.15) is 0 Å². The Morgan fingerprint density at radius 3 is 1.72 bits per heavy atom. The summed E-state index contributed by atoms with van der Waals surface area (Å²) in [6, 6.07) is 0. The van der Waals surface area contributed by atoms with Crippen LogP contribution in [0.2, 0.25) is 0 Å². The minimum Gasteiger partial charge on any atom is -0.432 e. The quantitative estimate of drug-likeness (QED) is 0.0366. The molecule has 0 amide bonds. The van der Waals surface area contributed by atoms with Crippen LogP contribution in [0.4, 0.5) is 0 Å². The Hall–Kier alpha value is -2.07. The highest BCUT2D eigenvalue weighted by atomic mass is 16.8. The maximum Gasteiger partial charge on any atom is 0.315 e. The van der Waals surface area contributed by atoms with Crippen molar-refractivity contribution in [3.63, 3.8) is 0 Å². The summed E-state index contributed by atoms with van der Waals surface area (Å²) in [5.41, 5.74) is -5.49. The number of ether oxygens (including phenoxy) is 14. The molecule has 0 radical (unpaired) electrons. The second-order valence-electron chi connectivity index (χ2n) is 33.0. The topological polar surface area (TPSA) is 531 Å². The van der Waals surface area contributed by atoms with Crippen molar-refractivity contribution in [3.05, 3.63) is 11.6 Å². The van der Waals surface area contributed by atoms with Crippen LogP contribution >= 0.6 is 0 Å². The third-order valence-electron chi connectivity index (χ3n) is 26.3. The summed E-state index contributed by atoms with van der Waals surface area (Å²) in [5.74, 6) is -1.48. The van der Waals surface area contributed by atoms with Crippen molar-refractivity contribution in [2.45, 2.75) is 309 Å². The lowest BCUT2D eigenvalue weighted by Gasteiger charge is -2.72. The molecule has 11 fully saturated rings. The van der Waals surface area contributed by atoms with Crippen LogP contribution in [-0.2, 0) is 71.1 Å². The first-order chi connectivity index (χ1) is 47.9. The summed E-state index contributed by atoms with van der Waals surface area (Å²) < 4.78 is 83.8. The maximum atomic E-state index is 15.7. The zero-order chi connectivity index (χ0) is 74.2. The van der Waals surface area contributed by atoms with Gasteiger partial charge in [-0.25, -0.2) is 0 Å². The molecule has 0 aromatic rings. The highest BCUT2D eigenvalue weighted by Crippen LogP contribution is 2.76.